The molecule has 0 aromatic heterocycles. The van der Waals surface area contributed by atoms with E-state index in [2.05, 4.69) is 22.5 Å². The van der Waals surface area contributed by atoms with Crippen LogP contribution in [0.5, 0.6) is 5.75 Å². The lowest BCUT2D eigenvalue weighted by Gasteiger charge is -2.46. The summed E-state index contributed by atoms with van der Waals surface area (Å²) in [5.41, 5.74) is 5.76. The van der Waals surface area contributed by atoms with Crippen molar-refractivity contribution in [1.29, 1.82) is 0 Å². The number of cyclic esters (lactones) is 1. The van der Waals surface area contributed by atoms with Gasteiger partial charge >= 0.3 is 18.1 Å². The summed E-state index contributed by atoms with van der Waals surface area (Å²) in [6, 6.07) is 34.0. The van der Waals surface area contributed by atoms with Crippen LogP contribution in [0.3, 0.4) is 0 Å². The zero-order valence-corrected chi connectivity index (χ0v) is 36.4. The van der Waals surface area contributed by atoms with Crippen molar-refractivity contribution in [3.63, 3.8) is 0 Å². The highest BCUT2D eigenvalue weighted by Crippen LogP contribution is 2.66. The fourth-order valence-corrected chi connectivity index (χ4v) is 9.58. The number of ether oxygens (including phenoxy) is 4. The first-order valence-electron chi connectivity index (χ1n) is 21.7. The van der Waals surface area contributed by atoms with E-state index >= 15 is 14.4 Å². The normalized spacial score (nSPS) is 22.1. The van der Waals surface area contributed by atoms with Crippen LogP contribution in [0.25, 0.3) is 0 Å². The Balaban J connectivity index is 1.44. The van der Waals surface area contributed by atoms with E-state index in [0.29, 0.717) is 27.8 Å². The van der Waals surface area contributed by atoms with E-state index in [9.17, 15) is 19.8 Å². The average Bonchev–Trinajstić information content (AvgIpc) is 3.80. The number of nitrogens with one attached hydrogen (secondary N) is 2. The van der Waals surface area contributed by atoms with E-state index in [1.165, 1.54) is 13.2 Å². The van der Waals surface area contributed by atoms with Gasteiger partial charge in [0.05, 0.1) is 49.6 Å². The number of aliphatic hydroxyl groups excluding tert-OH is 2. The first-order chi connectivity index (χ1) is 32.6. The lowest BCUT2D eigenvalue weighted by molar-refractivity contribution is -0.178. The number of methoxy groups -OCH3 is 1. The number of nitrogens with zero attached hydrogens (tertiary/aromatic N) is 2. The number of morpholine rings is 1. The van der Waals surface area contributed by atoms with Crippen molar-refractivity contribution in [2.45, 2.75) is 35.7 Å². The zero-order valence-electron chi connectivity index (χ0n) is 36.4. The summed E-state index contributed by atoms with van der Waals surface area (Å²) in [5.74, 6) is 1.84. The van der Waals surface area contributed by atoms with Crippen LogP contribution < -0.4 is 26.0 Å². The van der Waals surface area contributed by atoms with Crippen molar-refractivity contribution < 1.29 is 53.1 Å². The molecule has 3 heterocycles. The molecule has 0 saturated carbocycles. The Hall–Kier alpha value is -7.55. The highest BCUT2D eigenvalue weighted by atomic mass is 16.6. The van der Waals surface area contributed by atoms with E-state index in [4.69, 9.17) is 24.7 Å². The molecule has 6 N–H and O–H groups in total. The fourth-order valence-electron chi connectivity index (χ4n) is 9.58. The summed E-state index contributed by atoms with van der Waals surface area (Å²) in [5, 5.41) is 26.7. The maximum absolute atomic E-state index is 16.3. The lowest BCUT2D eigenvalue weighted by atomic mass is 9.65. The third-order valence-corrected chi connectivity index (χ3v) is 12.2. The molecule has 1 unspecified atom stereocenters. The number of carbonyl (C=O) groups excluding carboxylic acids is 5. The third-order valence-electron chi connectivity index (χ3n) is 12.2. The Morgan fingerprint density at radius 1 is 0.836 bits per heavy atom. The van der Waals surface area contributed by atoms with Crippen LogP contribution in [-0.4, -0.2) is 97.7 Å². The van der Waals surface area contributed by atoms with E-state index in [1.54, 1.807) is 66.7 Å². The van der Waals surface area contributed by atoms with Crippen LogP contribution in [-0.2, 0) is 34.0 Å². The van der Waals surface area contributed by atoms with Gasteiger partial charge in [0.1, 0.15) is 36.5 Å². The number of hydrogen-bond acceptors (Lipinski definition) is 12. The van der Waals surface area contributed by atoms with E-state index in [-0.39, 0.29) is 56.5 Å². The molecule has 2 fully saturated rings. The second-order valence-corrected chi connectivity index (χ2v) is 16.0. The molecule has 7 atom stereocenters. The van der Waals surface area contributed by atoms with Crippen LogP contribution >= 0.6 is 0 Å². The highest BCUT2D eigenvalue weighted by Gasteiger charge is 2.76. The van der Waals surface area contributed by atoms with Gasteiger partial charge < -0.3 is 45.5 Å². The molecule has 0 radical (unpaired) electrons. The van der Waals surface area contributed by atoms with Gasteiger partial charge in [-0.25, -0.2) is 14.5 Å². The number of carbonyl (C=O) groups is 5. The number of para-hydroxylation sites is 1. The van der Waals surface area contributed by atoms with Gasteiger partial charge in [0.25, 0.3) is 0 Å². The van der Waals surface area contributed by atoms with Gasteiger partial charge in [0.2, 0.25) is 11.8 Å². The van der Waals surface area contributed by atoms with Crippen molar-refractivity contribution in [3.05, 3.63) is 167 Å². The molecule has 3 aliphatic rings. The van der Waals surface area contributed by atoms with Crippen LogP contribution in [0, 0.1) is 17.8 Å². The summed E-state index contributed by atoms with van der Waals surface area (Å²) < 4.78 is 23.5. The molecular formula is C51H49N5O11. The van der Waals surface area contributed by atoms with Gasteiger partial charge in [-0.05, 0) is 46.5 Å². The first-order valence-corrected chi connectivity index (χ1v) is 21.7. The van der Waals surface area contributed by atoms with Gasteiger partial charge in [-0.15, -0.1) is 0 Å². The minimum Gasteiger partial charge on any atom is -0.491 e. The molecule has 0 bridgehead atoms. The molecule has 1 spiro atoms. The second-order valence-electron chi connectivity index (χ2n) is 16.0. The number of esters is 1. The van der Waals surface area contributed by atoms with E-state index < -0.39 is 71.6 Å². The number of rotatable bonds is 14. The van der Waals surface area contributed by atoms with Crippen molar-refractivity contribution >= 4 is 35.6 Å². The molecule has 5 amide bonds. The number of hydrogen-bond donors (Lipinski definition) is 5. The van der Waals surface area contributed by atoms with Crippen molar-refractivity contribution in [3.8, 4) is 17.6 Å². The second kappa shape index (κ2) is 20.3. The fraction of sp³-hybridized carbons (Fsp3) is 0.275. The number of nitrogens with two attached hydrogens (primary N) is 1. The maximum Gasteiger partial charge on any atom is 0.421 e. The van der Waals surface area contributed by atoms with Crippen molar-refractivity contribution in [1.82, 2.24) is 15.5 Å². The number of anilines is 1. The van der Waals surface area contributed by atoms with Gasteiger partial charge in [0, 0.05) is 24.8 Å². The SMILES string of the molecule is COCCOC(=O)N1C(=O)C2(c3cc(C#CCNC(N)=O)ccc31)[C@H](c1ccccc1OCCO)N1[C@H](c3ccccc3)[C@H](c3ccccc3)OC(=O)[C@H]1[C@@H]2C(=O)NC[C@H](O)c1ccccc1. The molecular weight excluding hydrogens is 859 g/mol. The smallest absolute Gasteiger partial charge is 0.421 e. The Bertz CT molecular complexity index is 2680. The summed E-state index contributed by atoms with van der Waals surface area (Å²) >= 11 is 0. The predicted octanol–water partition coefficient (Wildman–Crippen LogP) is 4.38. The summed E-state index contributed by atoms with van der Waals surface area (Å²) in [6.07, 6.45) is -3.27. The molecule has 5 aromatic carbocycles. The predicted molar refractivity (Wildman–Crippen MR) is 243 cm³/mol. The average molecular weight is 908 g/mol. The number of urea groups is 1. The molecule has 67 heavy (non-hydrogen) atoms. The van der Waals surface area contributed by atoms with Crippen molar-refractivity contribution in [2.75, 3.05) is 51.5 Å². The molecule has 16 nitrogen and oxygen atoms in total. The zero-order chi connectivity index (χ0) is 47.1. The minimum atomic E-state index is -2.21. The molecule has 2 saturated heterocycles. The lowest BCUT2D eigenvalue weighted by Crippen LogP contribution is -2.56. The topological polar surface area (TPSA) is 219 Å². The molecule has 3 aliphatic heterocycles. The van der Waals surface area contributed by atoms with E-state index in [0.717, 1.165) is 4.90 Å². The highest BCUT2D eigenvalue weighted by molar-refractivity contribution is 6.23. The monoisotopic (exact) mass is 907 g/mol. The first kappa shape index (κ1) is 46.0. The van der Waals surface area contributed by atoms with E-state index in [1.807, 2.05) is 65.6 Å². The Labute approximate surface area is 386 Å². The van der Waals surface area contributed by atoms with Crippen LogP contribution in [0.1, 0.15) is 57.7 Å². The maximum atomic E-state index is 16.3. The number of fused-ring (bicyclic) bond motifs is 3. The quantitative estimate of drug-likeness (QED) is 0.0596. The Morgan fingerprint density at radius 2 is 1.51 bits per heavy atom. The summed E-state index contributed by atoms with van der Waals surface area (Å²) in [6.45, 7) is -1.18. The summed E-state index contributed by atoms with van der Waals surface area (Å²) in [4.78, 5) is 76.0. The Morgan fingerprint density at radius 3 is 2.19 bits per heavy atom. The number of benzene rings is 5. The van der Waals surface area contributed by atoms with Gasteiger partial charge in [-0.3, -0.25) is 19.3 Å². The molecule has 0 aliphatic carbocycles. The summed E-state index contributed by atoms with van der Waals surface area (Å²) in [7, 11) is 1.43. The van der Waals surface area contributed by atoms with Gasteiger partial charge in [-0.2, -0.15) is 0 Å². The van der Waals surface area contributed by atoms with Gasteiger partial charge in [-0.1, -0.05) is 121 Å². The van der Waals surface area contributed by atoms with Gasteiger partial charge in [0.15, 0.2) is 0 Å². The molecule has 16 heteroatoms. The number of imide groups is 1. The third kappa shape index (κ3) is 8.80. The standard InChI is InChI=1S/C51H49N5O11/c1-64-28-29-66-50(63)55-38-24-23-32(14-13-25-53-49(52)62)30-37(38)51(48(55)61)41(46(59)54-31-39(58)33-15-5-2-6-16-33)43-47(60)67-44(35-19-9-4-10-20-35)42(34-17-7-3-8-18-34)56(43)45(51)36-21-11-12-22-40(36)65-27-26-57/h2-12,15-24,30,39,41-45,57-58H,25-29,31H2,1H3,(H,54,59)(H3,52,53,62)/t39-,41+,42+,43+,44-,45-,51?/m0/s1. The van der Waals surface area contributed by atoms with Crippen LogP contribution in [0.15, 0.2) is 133 Å². The van der Waals surface area contributed by atoms with Crippen molar-refractivity contribution in [2.24, 2.45) is 11.7 Å². The number of aliphatic hydroxyl groups is 2. The Kier molecular flexibility index (Phi) is 13.9. The molecule has 8 rings (SSSR count). The molecule has 344 valence electrons. The largest absolute Gasteiger partial charge is 0.491 e. The minimum absolute atomic E-state index is 0.00786. The van der Waals surface area contributed by atoms with Crippen LogP contribution in [0.2, 0.25) is 0 Å². The molecule has 5 aromatic rings. The van der Waals surface area contributed by atoms with Crippen LogP contribution in [0.4, 0.5) is 15.3 Å². The number of amides is 5. The number of primary amides is 1.